The second kappa shape index (κ2) is 9.38. The minimum absolute atomic E-state index is 0.157. The maximum absolute atomic E-state index is 12.4. The first-order chi connectivity index (χ1) is 13.0. The van der Waals surface area contributed by atoms with E-state index in [0.717, 1.165) is 22.6 Å². The summed E-state index contributed by atoms with van der Waals surface area (Å²) in [6.07, 6.45) is 2.00. The van der Waals surface area contributed by atoms with E-state index in [9.17, 15) is 4.79 Å². The van der Waals surface area contributed by atoms with Crippen molar-refractivity contribution in [1.82, 2.24) is 4.90 Å². The third-order valence-corrected chi connectivity index (χ3v) is 5.53. The van der Waals surface area contributed by atoms with Crippen molar-refractivity contribution in [3.05, 3.63) is 58.6 Å². The highest BCUT2D eigenvalue weighted by Gasteiger charge is 2.17. The summed E-state index contributed by atoms with van der Waals surface area (Å²) in [7, 11) is 0. The average molecular weight is 431 g/mol. The Bertz CT molecular complexity index is 738. The number of likely N-dealkylation sites (tertiary alicyclic amines) is 1. The van der Waals surface area contributed by atoms with Crippen molar-refractivity contribution in [2.45, 2.75) is 39.3 Å². The zero-order chi connectivity index (χ0) is 19.2. The lowest BCUT2D eigenvalue weighted by Gasteiger charge is -2.30. The lowest BCUT2D eigenvalue weighted by Crippen LogP contribution is -2.32. The molecular formula is C22H27BrN2O2. The average Bonchev–Trinajstić information content (AvgIpc) is 2.67. The zero-order valence-corrected chi connectivity index (χ0v) is 17.5. The number of piperidine rings is 1. The van der Waals surface area contributed by atoms with Crippen molar-refractivity contribution in [2.75, 3.05) is 18.4 Å². The van der Waals surface area contributed by atoms with E-state index in [4.69, 9.17) is 4.74 Å². The van der Waals surface area contributed by atoms with Crippen LogP contribution in [0.1, 0.15) is 32.3 Å². The molecule has 1 amide bonds. The summed E-state index contributed by atoms with van der Waals surface area (Å²) in [5.74, 6) is 1.36. The Morgan fingerprint density at radius 1 is 1.15 bits per heavy atom. The van der Waals surface area contributed by atoms with Crippen molar-refractivity contribution < 1.29 is 9.53 Å². The smallest absolute Gasteiger partial charge is 0.265 e. The molecule has 1 saturated heterocycles. The van der Waals surface area contributed by atoms with E-state index in [2.05, 4.69) is 45.2 Å². The Balaban J connectivity index is 1.49. The molecule has 27 heavy (non-hydrogen) atoms. The Kier molecular flexibility index (Phi) is 6.91. The number of halogens is 1. The monoisotopic (exact) mass is 430 g/mol. The number of nitrogens with one attached hydrogen (secondary N) is 1. The summed E-state index contributed by atoms with van der Waals surface area (Å²) in [6, 6.07) is 15.6. The first-order valence-electron chi connectivity index (χ1n) is 9.54. The van der Waals surface area contributed by atoms with Crippen molar-refractivity contribution in [2.24, 2.45) is 5.92 Å². The van der Waals surface area contributed by atoms with Gasteiger partial charge in [0.05, 0.1) is 0 Å². The number of amides is 1. The molecule has 1 atom stereocenters. The summed E-state index contributed by atoms with van der Waals surface area (Å²) in [5.41, 5.74) is 2.07. The van der Waals surface area contributed by atoms with Gasteiger partial charge in [-0.25, -0.2) is 0 Å². The molecule has 2 aromatic rings. The lowest BCUT2D eigenvalue weighted by molar-refractivity contribution is -0.122. The van der Waals surface area contributed by atoms with Crippen LogP contribution in [0.5, 0.6) is 5.75 Å². The van der Waals surface area contributed by atoms with E-state index in [0.29, 0.717) is 5.75 Å². The van der Waals surface area contributed by atoms with Crippen LogP contribution in [0.25, 0.3) is 0 Å². The van der Waals surface area contributed by atoms with E-state index < -0.39 is 6.10 Å². The molecule has 1 aliphatic rings. The van der Waals surface area contributed by atoms with Gasteiger partial charge < -0.3 is 10.1 Å². The number of hydrogen-bond donors (Lipinski definition) is 1. The molecular weight excluding hydrogens is 404 g/mol. The highest BCUT2D eigenvalue weighted by atomic mass is 79.9. The number of anilines is 1. The molecule has 5 heteroatoms. The Labute approximate surface area is 170 Å². The quantitative estimate of drug-likeness (QED) is 0.693. The van der Waals surface area contributed by atoms with Crippen molar-refractivity contribution in [1.29, 1.82) is 0 Å². The zero-order valence-electron chi connectivity index (χ0n) is 16.0. The van der Waals surface area contributed by atoms with Crippen LogP contribution >= 0.6 is 15.9 Å². The third kappa shape index (κ3) is 6.08. The van der Waals surface area contributed by atoms with Gasteiger partial charge in [-0.15, -0.1) is 0 Å². The van der Waals surface area contributed by atoms with Gasteiger partial charge in [-0.1, -0.05) is 35.0 Å². The summed E-state index contributed by atoms with van der Waals surface area (Å²) in [6.45, 7) is 7.40. The Hall–Kier alpha value is -1.85. The van der Waals surface area contributed by atoms with Gasteiger partial charge in [-0.2, -0.15) is 0 Å². The van der Waals surface area contributed by atoms with Crippen LogP contribution in [0.2, 0.25) is 0 Å². The van der Waals surface area contributed by atoms with Gasteiger partial charge in [0.2, 0.25) is 0 Å². The highest BCUT2D eigenvalue weighted by Crippen LogP contribution is 2.20. The van der Waals surface area contributed by atoms with Gasteiger partial charge in [-0.05, 0) is 80.7 Å². The van der Waals surface area contributed by atoms with Crippen LogP contribution in [-0.2, 0) is 11.3 Å². The molecule has 0 radical (unpaired) electrons. The van der Waals surface area contributed by atoms with Crippen molar-refractivity contribution in [3.63, 3.8) is 0 Å². The molecule has 0 aliphatic carbocycles. The first-order valence-corrected chi connectivity index (χ1v) is 10.3. The fourth-order valence-corrected chi connectivity index (χ4v) is 3.45. The van der Waals surface area contributed by atoms with Gasteiger partial charge >= 0.3 is 0 Å². The predicted molar refractivity (Wildman–Crippen MR) is 113 cm³/mol. The van der Waals surface area contributed by atoms with Crippen LogP contribution in [-0.4, -0.2) is 30.0 Å². The lowest BCUT2D eigenvalue weighted by atomic mass is 9.99. The minimum atomic E-state index is -0.568. The van der Waals surface area contributed by atoms with E-state index in [-0.39, 0.29) is 5.91 Å². The number of hydrogen-bond acceptors (Lipinski definition) is 3. The fraction of sp³-hybridized carbons (Fsp3) is 0.409. The van der Waals surface area contributed by atoms with Gasteiger partial charge in [0.15, 0.2) is 6.10 Å². The van der Waals surface area contributed by atoms with Crippen LogP contribution in [0.3, 0.4) is 0 Å². The van der Waals surface area contributed by atoms with Crippen LogP contribution in [0, 0.1) is 5.92 Å². The van der Waals surface area contributed by atoms with Crippen LogP contribution < -0.4 is 10.1 Å². The summed E-state index contributed by atoms with van der Waals surface area (Å²) >= 11 is 3.39. The number of carbonyl (C=O) groups excluding carboxylic acids is 1. The highest BCUT2D eigenvalue weighted by molar-refractivity contribution is 9.10. The molecule has 1 aliphatic heterocycles. The van der Waals surface area contributed by atoms with Gasteiger partial charge in [0.1, 0.15) is 5.75 Å². The molecule has 2 aromatic carbocycles. The normalized spacial score (nSPS) is 16.7. The molecule has 144 valence electrons. The molecule has 4 nitrogen and oxygen atoms in total. The van der Waals surface area contributed by atoms with Crippen molar-refractivity contribution in [3.8, 4) is 5.75 Å². The SMILES string of the molecule is CC1CCN(Cc2ccc(NC(=O)C(C)Oc3ccc(Br)cc3)cc2)CC1. The summed E-state index contributed by atoms with van der Waals surface area (Å²) in [4.78, 5) is 14.9. The molecule has 0 bridgehead atoms. The molecule has 0 aromatic heterocycles. The number of rotatable bonds is 6. The van der Waals surface area contributed by atoms with Gasteiger partial charge in [0.25, 0.3) is 5.91 Å². The largest absolute Gasteiger partial charge is 0.481 e. The first kappa shape index (κ1) is 19.9. The maximum atomic E-state index is 12.4. The van der Waals surface area contributed by atoms with Gasteiger partial charge in [-0.3, -0.25) is 9.69 Å². The molecule has 0 spiro atoms. The second-order valence-electron chi connectivity index (χ2n) is 7.36. The summed E-state index contributed by atoms with van der Waals surface area (Å²) in [5, 5.41) is 2.92. The number of benzene rings is 2. The Morgan fingerprint density at radius 2 is 1.78 bits per heavy atom. The minimum Gasteiger partial charge on any atom is -0.481 e. The van der Waals surface area contributed by atoms with Crippen LogP contribution in [0.4, 0.5) is 5.69 Å². The number of nitrogens with zero attached hydrogens (tertiary/aromatic N) is 1. The molecule has 1 N–H and O–H groups in total. The second-order valence-corrected chi connectivity index (χ2v) is 8.27. The number of carbonyl (C=O) groups is 1. The molecule has 1 unspecified atom stereocenters. The molecule has 1 fully saturated rings. The Morgan fingerprint density at radius 3 is 2.41 bits per heavy atom. The van der Waals surface area contributed by atoms with Crippen LogP contribution in [0.15, 0.2) is 53.0 Å². The predicted octanol–water partition coefficient (Wildman–Crippen LogP) is 5.09. The maximum Gasteiger partial charge on any atom is 0.265 e. The summed E-state index contributed by atoms with van der Waals surface area (Å²) < 4.78 is 6.67. The number of ether oxygens (including phenoxy) is 1. The van der Waals surface area contributed by atoms with E-state index >= 15 is 0 Å². The van der Waals surface area contributed by atoms with Gasteiger partial charge in [0, 0.05) is 16.7 Å². The molecule has 1 heterocycles. The fourth-order valence-electron chi connectivity index (χ4n) is 3.19. The van der Waals surface area contributed by atoms with Crippen molar-refractivity contribution >= 4 is 27.5 Å². The van der Waals surface area contributed by atoms with E-state index in [1.807, 2.05) is 36.4 Å². The molecule has 0 saturated carbocycles. The van der Waals surface area contributed by atoms with E-state index in [1.165, 1.54) is 31.5 Å². The molecule has 3 rings (SSSR count). The standard InChI is InChI=1S/C22H27BrN2O2/c1-16-11-13-25(14-12-16)15-18-3-7-20(8-4-18)24-22(26)17(2)27-21-9-5-19(23)6-10-21/h3-10,16-17H,11-15H2,1-2H3,(H,24,26). The van der Waals surface area contributed by atoms with E-state index in [1.54, 1.807) is 6.92 Å². The topological polar surface area (TPSA) is 41.6 Å². The third-order valence-electron chi connectivity index (χ3n) is 5.00.